The molecule has 2 rings (SSSR count). The molecule has 0 aromatic heterocycles. The minimum atomic E-state index is -3.80. The molecule has 6 heteroatoms. The van der Waals surface area contributed by atoms with Gasteiger partial charge in [-0.25, -0.2) is 13.6 Å². The van der Waals surface area contributed by atoms with Crippen LogP contribution in [0.25, 0.3) is 0 Å². The number of aryl methyl sites for hydroxylation is 1. The van der Waals surface area contributed by atoms with E-state index in [-0.39, 0.29) is 22.3 Å². The number of primary sulfonamides is 1. The zero-order chi connectivity index (χ0) is 14.4. The molecule has 0 saturated heterocycles. The van der Waals surface area contributed by atoms with E-state index >= 15 is 0 Å². The van der Waals surface area contributed by atoms with E-state index in [1.807, 2.05) is 0 Å². The van der Waals surface area contributed by atoms with E-state index < -0.39 is 10.0 Å². The van der Waals surface area contributed by atoms with Gasteiger partial charge in [-0.05, 0) is 42.5 Å². The molecule has 1 unspecified atom stereocenters. The van der Waals surface area contributed by atoms with Crippen molar-refractivity contribution in [2.24, 2.45) is 10.6 Å². The predicted molar refractivity (Wildman–Crippen MR) is 72.2 cm³/mol. The van der Waals surface area contributed by atoms with Crippen LogP contribution >= 0.6 is 0 Å². The molecule has 0 radical (unpaired) electrons. The third-order valence-electron chi connectivity index (χ3n) is 3.46. The van der Waals surface area contributed by atoms with Gasteiger partial charge in [-0.1, -0.05) is 13.8 Å². The summed E-state index contributed by atoms with van der Waals surface area (Å²) in [5.74, 6) is -0.260. The van der Waals surface area contributed by atoms with Gasteiger partial charge in [0, 0.05) is 11.6 Å². The highest BCUT2D eigenvalue weighted by Crippen LogP contribution is 2.44. The van der Waals surface area contributed by atoms with Gasteiger partial charge in [0.05, 0.1) is 4.90 Å². The Kier molecular flexibility index (Phi) is 3.18. The number of sulfonamides is 1. The standard InChI is InChI=1S/C13H18N2O3S/c1-8-4-9(6-10(5-8)19(14,17)18)12(16)15-11-7-13(11,2)3/h4-6,11H,7H2,1-3H3,(H,15,16)(H2,14,17,18). The summed E-state index contributed by atoms with van der Waals surface area (Å²) in [5, 5.41) is 7.98. The maximum atomic E-state index is 12.1. The van der Waals surface area contributed by atoms with Crippen LogP contribution < -0.4 is 10.5 Å². The van der Waals surface area contributed by atoms with Gasteiger partial charge in [0.2, 0.25) is 10.0 Å². The van der Waals surface area contributed by atoms with Crippen LogP contribution in [-0.2, 0) is 10.0 Å². The second-order valence-corrected chi connectivity index (χ2v) is 7.36. The van der Waals surface area contributed by atoms with E-state index in [9.17, 15) is 13.2 Å². The van der Waals surface area contributed by atoms with Crippen molar-refractivity contribution in [2.45, 2.75) is 38.1 Å². The summed E-state index contributed by atoms with van der Waals surface area (Å²) < 4.78 is 22.7. The fourth-order valence-electron chi connectivity index (χ4n) is 2.00. The molecule has 1 aromatic rings. The lowest BCUT2D eigenvalue weighted by Gasteiger charge is -2.09. The molecule has 0 aliphatic heterocycles. The van der Waals surface area contributed by atoms with Crippen LogP contribution in [0.5, 0.6) is 0 Å². The molecule has 0 spiro atoms. The molecule has 1 amide bonds. The highest BCUT2D eigenvalue weighted by Gasteiger charge is 2.46. The number of amides is 1. The summed E-state index contributed by atoms with van der Waals surface area (Å²) in [4.78, 5) is 12.0. The van der Waals surface area contributed by atoms with Crippen molar-refractivity contribution < 1.29 is 13.2 Å². The van der Waals surface area contributed by atoms with Crippen LogP contribution in [0.1, 0.15) is 36.2 Å². The largest absolute Gasteiger partial charge is 0.349 e. The molecular weight excluding hydrogens is 264 g/mol. The van der Waals surface area contributed by atoms with Gasteiger partial charge in [0.25, 0.3) is 5.91 Å². The monoisotopic (exact) mass is 282 g/mol. The fraction of sp³-hybridized carbons (Fsp3) is 0.462. The Morgan fingerprint density at radius 3 is 2.42 bits per heavy atom. The molecule has 19 heavy (non-hydrogen) atoms. The van der Waals surface area contributed by atoms with Gasteiger partial charge in [0.15, 0.2) is 0 Å². The van der Waals surface area contributed by atoms with E-state index in [2.05, 4.69) is 19.2 Å². The van der Waals surface area contributed by atoms with Crippen molar-refractivity contribution in [1.82, 2.24) is 5.32 Å². The van der Waals surface area contributed by atoms with E-state index in [1.165, 1.54) is 12.1 Å². The molecule has 1 saturated carbocycles. The first-order valence-corrected chi connectivity index (χ1v) is 7.59. The molecule has 1 aliphatic rings. The number of nitrogens with one attached hydrogen (secondary N) is 1. The number of carbonyl (C=O) groups is 1. The van der Waals surface area contributed by atoms with Crippen molar-refractivity contribution in [3.05, 3.63) is 29.3 Å². The average Bonchev–Trinajstić information content (AvgIpc) is 2.83. The molecular formula is C13H18N2O3S. The van der Waals surface area contributed by atoms with Crippen molar-refractivity contribution in [2.75, 3.05) is 0 Å². The Balaban J connectivity index is 2.25. The van der Waals surface area contributed by atoms with Crippen LogP contribution in [0.4, 0.5) is 0 Å². The summed E-state index contributed by atoms with van der Waals surface area (Å²) in [5.41, 5.74) is 1.14. The summed E-state index contributed by atoms with van der Waals surface area (Å²) in [6.45, 7) is 5.88. The van der Waals surface area contributed by atoms with Gasteiger partial charge < -0.3 is 5.32 Å². The zero-order valence-electron chi connectivity index (χ0n) is 11.2. The van der Waals surface area contributed by atoms with Gasteiger partial charge in [-0.15, -0.1) is 0 Å². The third-order valence-corrected chi connectivity index (χ3v) is 4.35. The zero-order valence-corrected chi connectivity index (χ0v) is 12.0. The van der Waals surface area contributed by atoms with Crippen molar-refractivity contribution in [3.63, 3.8) is 0 Å². The number of benzene rings is 1. The lowest BCUT2D eigenvalue weighted by atomic mass is 10.1. The molecule has 1 fully saturated rings. The molecule has 1 aromatic carbocycles. The first-order chi connectivity index (χ1) is 8.59. The molecule has 0 heterocycles. The number of nitrogens with two attached hydrogens (primary N) is 1. The topological polar surface area (TPSA) is 89.3 Å². The molecule has 0 bridgehead atoms. The predicted octanol–water partition coefficient (Wildman–Crippen LogP) is 1.17. The highest BCUT2D eigenvalue weighted by atomic mass is 32.2. The number of rotatable bonds is 3. The molecule has 1 aliphatic carbocycles. The summed E-state index contributed by atoms with van der Waals surface area (Å²) in [6.07, 6.45) is 0.937. The summed E-state index contributed by atoms with van der Waals surface area (Å²) in [7, 11) is -3.80. The molecule has 3 N–H and O–H groups in total. The van der Waals surface area contributed by atoms with Gasteiger partial charge in [-0.2, -0.15) is 0 Å². The summed E-state index contributed by atoms with van der Waals surface area (Å²) in [6, 6.07) is 4.57. The van der Waals surface area contributed by atoms with Crippen LogP contribution in [0.3, 0.4) is 0 Å². The van der Waals surface area contributed by atoms with Crippen LogP contribution in [0.2, 0.25) is 0 Å². The third kappa shape index (κ3) is 3.13. The number of hydrogen-bond donors (Lipinski definition) is 2. The first-order valence-electron chi connectivity index (χ1n) is 6.05. The quantitative estimate of drug-likeness (QED) is 0.872. The maximum absolute atomic E-state index is 12.1. The Bertz CT molecular complexity index is 635. The SMILES string of the molecule is Cc1cc(C(=O)NC2CC2(C)C)cc(S(N)(=O)=O)c1. The van der Waals surface area contributed by atoms with Crippen LogP contribution in [0.15, 0.2) is 23.1 Å². The van der Waals surface area contributed by atoms with Crippen molar-refractivity contribution in [1.29, 1.82) is 0 Å². The minimum absolute atomic E-state index is 0.0345. The maximum Gasteiger partial charge on any atom is 0.251 e. The Morgan fingerprint density at radius 2 is 1.95 bits per heavy atom. The van der Waals surface area contributed by atoms with E-state index in [0.29, 0.717) is 11.1 Å². The average molecular weight is 282 g/mol. The lowest BCUT2D eigenvalue weighted by molar-refractivity contribution is 0.0946. The van der Waals surface area contributed by atoms with E-state index in [0.717, 1.165) is 6.42 Å². The first kappa shape index (κ1) is 14.0. The van der Waals surface area contributed by atoms with E-state index in [4.69, 9.17) is 5.14 Å². The summed E-state index contributed by atoms with van der Waals surface area (Å²) >= 11 is 0. The van der Waals surface area contributed by atoms with Crippen LogP contribution in [-0.4, -0.2) is 20.4 Å². The van der Waals surface area contributed by atoms with Gasteiger partial charge >= 0.3 is 0 Å². The Labute approximate surface area is 113 Å². The molecule has 5 nitrogen and oxygen atoms in total. The Morgan fingerprint density at radius 1 is 1.37 bits per heavy atom. The second kappa shape index (κ2) is 4.31. The van der Waals surface area contributed by atoms with Crippen molar-refractivity contribution >= 4 is 15.9 Å². The smallest absolute Gasteiger partial charge is 0.251 e. The highest BCUT2D eigenvalue weighted by molar-refractivity contribution is 7.89. The molecule has 104 valence electrons. The number of hydrogen-bond acceptors (Lipinski definition) is 3. The number of carbonyl (C=O) groups excluding carboxylic acids is 1. The fourth-order valence-corrected chi connectivity index (χ4v) is 2.64. The van der Waals surface area contributed by atoms with Crippen LogP contribution in [0, 0.1) is 12.3 Å². The second-order valence-electron chi connectivity index (χ2n) is 5.80. The van der Waals surface area contributed by atoms with Gasteiger partial charge in [0.1, 0.15) is 0 Å². The molecule has 1 atom stereocenters. The van der Waals surface area contributed by atoms with Gasteiger partial charge in [-0.3, -0.25) is 4.79 Å². The minimum Gasteiger partial charge on any atom is -0.349 e. The normalized spacial score (nSPS) is 20.9. The lowest BCUT2D eigenvalue weighted by Crippen LogP contribution is -2.28. The van der Waals surface area contributed by atoms with E-state index in [1.54, 1.807) is 13.0 Å². The Hall–Kier alpha value is -1.40. The van der Waals surface area contributed by atoms with Crippen molar-refractivity contribution in [3.8, 4) is 0 Å².